The number of likely N-dealkylation sites (tertiary alicyclic amines) is 1. The van der Waals surface area contributed by atoms with Gasteiger partial charge in [-0.3, -0.25) is 9.69 Å². The molecule has 0 atom stereocenters. The van der Waals surface area contributed by atoms with Crippen molar-refractivity contribution in [3.05, 3.63) is 64.5 Å². The van der Waals surface area contributed by atoms with Gasteiger partial charge in [0.2, 0.25) is 5.43 Å². The summed E-state index contributed by atoms with van der Waals surface area (Å²) in [5.74, 6) is 0.806. The third kappa shape index (κ3) is 4.08. The lowest BCUT2D eigenvalue weighted by Gasteiger charge is -2.20. The van der Waals surface area contributed by atoms with Gasteiger partial charge in [0.25, 0.3) is 0 Å². The smallest absolute Gasteiger partial charge is 0.200 e. The van der Waals surface area contributed by atoms with Crippen molar-refractivity contribution in [1.82, 2.24) is 4.90 Å². The summed E-state index contributed by atoms with van der Waals surface area (Å²) in [6.45, 7) is 6.91. The minimum atomic E-state index is 0. The molecule has 4 rings (SSSR count). The summed E-state index contributed by atoms with van der Waals surface area (Å²) in [4.78, 5) is 15.5. The fraction of sp³-hybridized carbons (Fsp3) is 0.348. The van der Waals surface area contributed by atoms with Crippen LogP contribution in [0.25, 0.3) is 22.1 Å². The minimum absolute atomic E-state index is 0. The molecule has 0 saturated carbocycles. The fourth-order valence-electron chi connectivity index (χ4n) is 3.73. The summed E-state index contributed by atoms with van der Waals surface area (Å²) >= 11 is 0. The lowest BCUT2D eigenvalue weighted by Crippen LogP contribution is -2.20. The maximum absolute atomic E-state index is 13.1. The van der Waals surface area contributed by atoms with Crippen LogP contribution in [0.3, 0.4) is 0 Å². The quantitative estimate of drug-likeness (QED) is 0.586. The van der Waals surface area contributed by atoms with E-state index >= 15 is 0 Å². The van der Waals surface area contributed by atoms with E-state index in [0.717, 1.165) is 36.5 Å². The van der Waals surface area contributed by atoms with Crippen LogP contribution in [0.1, 0.15) is 32.3 Å². The molecule has 28 heavy (non-hydrogen) atoms. The second kappa shape index (κ2) is 8.80. The number of ether oxygens (including phenoxy) is 1. The van der Waals surface area contributed by atoms with Gasteiger partial charge in [-0.05, 0) is 57.5 Å². The lowest BCUT2D eigenvalue weighted by molar-refractivity contribution is 0.234. The monoisotopic (exact) mass is 399 g/mol. The zero-order chi connectivity index (χ0) is 18.8. The first kappa shape index (κ1) is 20.4. The van der Waals surface area contributed by atoms with Crippen molar-refractivity contribution < 1.29 is 9.15 Å². The summed E-state index contributed by atoms with van der Waals surface area (Å²) in [5.41, 5.74) is 3.08. The van der Waals surface area contributed by atoms with Gasteiger partial charge in [0, 0.05) is 6.54 Å². The van der Waals surface area contributed by atoms with Crippen LogP contribution < -0.4 is 10.2 Å². The molecule has 1 aliphatic rings. The molecule has 1 aromatic heterocycles. The van der Waals surface area contributed by atoms with E-state index in [2.05, 4.69) is 4.90 Å². The molecule has 1 fully saturated rings. The van der Waals surface area contributed by atoms with Crippen molar-refractivity contribution >= 4 is 23.4 Å². The molecule has 3 aromatic rings. The average Bonchev–Trinajstić information content (AvgIpc) is 3.17. The zero-order valence-corrected chi connectivity index (χ0v) is 17.1. The second-order valence-corrected chi connectivity index (χ2v) is 7.41. The van der Waals surface area contributed by atoms with E-state index in [1.165, 1.54) is 12.8 Å². The van der Waals surface area contributed by atoms with Crippen molar-refractivity contribution in [1.29, 1.82) is 0 Å². The van der Waals surface area contributed by atoms with Crippen LogP contribution in [0.15, 0.2) is 57.9 Å². The number of rotatable bonds is 5. The highest BCUT2D eigenvalue weighted by Crippen LogP contribution is 2.31. The highest BCUT2D eigenvalue weighted by Gasteiger charge is 2.20. The van der Waals surface area contributed by atoms with E-state index in [9.17, 15) is 4.79 Å². The first-order valence-corrected chi connectivity index (χ1v) is 9.65. The van der Waals surface area contributed by atoms with Gasteiger partial charge in [-0.15, -0.1) is 12.4 Å². The molecule has 4 nitrogen and oxygen atoms in total. The Labute approximate surface area is 171 Å². The van der Waals surface area contributed by atoms with E-state index in [4.69, 9.17) is 9.15 Å². The summed E-state index contributed by atoms with van der Waals surface area (Å²) in [5, 5.41) is 0.613. The fourth-order valence-corrected chi connectivity index (χ4v) is 3.73. The zero-order valence-electron chi connectivity index (χ0n) is 16.3. The Hall–Kier alpha value is -2.30. The van der Waals surface area contributed by atoms with E-state index in [1.807, 2.05) is 56.3 Å². The van der Waals surface area contributed by atoms with Gasteiger partial charge in [0.05, 0.1) is 22.6 Å². The van der Waals surface area contributed by atoms with Crippen LogP contribution in [-0.2, 0) is 6.54 Å². The molecule has 1 saturated heterocycles. The summed E-state index contributed by atoms with van der Waals surface area (Å²) in [6.07, 6.45) is 4.09. The van der Waals surface area contributed by atoms with Gasteiger partial charge in [-0.25, -0.2) is 0 Å². The van der Waals surface area contributed by atoms with E-state index in [-0.39, 0.29) is 23.9 Å². The first-order valence-electron chi connectivity index (χ1n) is 9.65. The normalized spacial score (nSPS) is 14.4. The number of halogens is 1. The van der Waals surface area contributed by atoms with Crippen molar-refractivity contribution in [2.75, 3.05) is 13.1 Å². The summed E-state index contributed by atoms with van der Waals surface area (Å²) in [6, 6.07) is 13.4. The second-order valence-electron chi connectivity index (χ2n) is 7.41. The van der Waals surface area contributed by atoms with E-state index in [0.29, 0.717) is 16.5 Å². The Morgan fingerprint density at radius 2 is 1.79 bits per heavy atom. The van der Waals surface area contributed by atoms with E-state index in [1.54, 1.807) is 6.26 Å². The van der Waals surface area contributed by atoms with E-state index < -0.39 is 0 Å². The molecular formula is C23H26ClNO3. The molecule has 2 aromatic carbocycles. The van der Waals surface area contributed by atoms with Crippen LogP contribution in [0, 0.1) is 0 Å². The van der Waals surface area contributed by atoms with Crippen molar-refractivity contribution in [3.8, 4) is 16.9 Å². The number of nitrogens with zero attached hydrogens (tertiary/aromatic N) is 1. The maximum atomic E-state index is 13.1. The molecule has 0 spiro atoms. The van der Waals surface area contributed by atoms with Crippen molar-refractivity contribution in [2.45, 2.75) is 39.3 Å². The van der Waals surface area contributed by atoms with Gasteiger partial charge in [-0.1, -0.05) is 30.3 Å². The maximum Gasteiger partial charge on any atom is 0.200 e. The van der Waals surface area contributed by atoms with Gasteiger partial charge in [0.15, 0.2) is 0 Å². The lowest BCUT2D eigenvalue weighted by atomic mass is 10.0. The molecule has 0 unspecified atom stereocenters. The number of hydrogen-bond acceptors (Lipinski definition) is 4. The van der Waals surface area contributed by atoms with Crippen molar-refractivity contribution in [3.63, 3.8) is 0 Å². The highest BCUT2D eigenvalue weighted by molar-refractivity contribution is 5.86. The first-order chi connectivity index (χ1) is 13.1. The minimum Gasteiger partial charge on any atom is -0.491 e. The molecule has 148 valence electrons. The van der Waals surface area contributed by atoms with Crippen molar-refractivity contribution in [2.24, 2.45) is 0 Å². The molecule has 0 N–H and O–H groups in total. The van der Waals surface area contributed by atoms with Gasteiger partial charge < -0.3 is 9.15 Å². The predicted octanol–water partition coefficient (Wildman–Crippen LogP) is 5.26. The van der Waals surface area contributed by atoms with Crippen LogP contribution in [0.2, 0.25) is 0 Å². The molecule has 0 radical (unpaired) electrons. The number of benzene rings is 2. The largest absolute Gasteiger partial charge is 0.491 e. The predicted molar refractivity (Wildman–Crippen MR) is 115 cm³/mol. The van der Waals surface area contributed by atoms with Gasteiger partial charge in [-0.2, -0.15) is 0 Å². The molecule has 0 bridgehead atoms. The number of fused-ring (bicyclic) bond motifs is 1. The summed E-state index contributed by atoms with van der Waals surface area (Å²) < 4.78 is 12.1. The third-order valence-corrected chi connectivity index (χ3v) is 5.03. The molecule has 1 aliphatic heterocycles. The Morgan fingerprint density at radius 1 is 1.07 bits per heavy atom. The van der Waals surface area contributed by atoms with Crippen LogP contribution in [-0.4, -0.2) is 24.1 Å². The molecule has 5 heteroatoms. The Morgan fingerprint density at radius 3 is 2.46 bits per heavy atom. The van der Waals surface area contributed by atoms with Gasteiger partial charge >= 0.3 is 0 Å². The summed E-state index contributed by atoms with van der Waals surface area (Å²) in [7, 11) is 0. The topological polar surface area (TPSA) is 42.7 Å². The molecule has 0 aliphatic carbocycles. The van der Waals surface area contributed by atoms with Crippen LogP contribution in [0.4, 0.5) is 0 Å². The Balaban J connectivity index is 0.00000225. The third-order valence-electron chi connectivity index (χ3n) is 5.03. The highest BCUT2D eigenvalue weighted by atomic mass is 35.5. The SMILES string of the molecule is CC(C)Oc1ccc2c(=O)c(-c3ccccc3)coc2c1CN1CCCC1.Cl. The average molecular weight is 400 g/mol. The molecule has 2 heterocycles. The van der Waals surface area contributed by atoms with Gasteiger partial charge in [0.1, 0.15) is 17.6 Å². The molecule has 0 amide bonds. The van der Waals surface area contributed by atoms with Crippen LogP contribution >= 0.6 is 12.4 Å². The van der Waals surface area contributed by atoms with Crippen LogP contribution in [0.5, 0.6) is 5.75 Å². The Kier molecular flexibility index (Phi) is 6.42. The standard InChI is InChI=1S/C23H25NO3.ClH/c1-16(2)27-21-11-10-18-22(25)20(17-8-4-3-5-9-17)15-26-23(18)19(21)14-24-12-6-7-13-24;/h3-5,8-11,15-16H,6-7,12-14H2,1-2H3;1H. The number of hydrogen-bond donors (Lipinski definition) is 0. The Bertz CT molecular complexity index is 992. The molecular weight excluding hydrogens is 374 g/mol.